The van der Waals surface area contributed by atoms with E-state index in [1.807, 2.05) is 54.7 Å². The molecule has 4 N–H and O–H groups in total. The molecule has 1 aromatic heterocycles. The normalized spacial score (nSPS) is 18.2. The van der Waals surface area contributed by atoms with Gasteiger partial charge in [-0.15, -0.1) is 0 Å². The maximum atomic E-state index is 13.5. The summed E-state index contributed by atoms with van der Waals surface area (Å²) in [5, 5.41) is 5.73. The molecule has 176 valence electrons. The van der Waals surface area contributed by atoms with Crippen LogP contribution in [0.25, 0.3) is 21.7 Å². The van der Waals surface area contributed by atoms with Gasteiger partial charge in [0.1, 0.15) is 6.04 Å². The van der Waals surface area contributed by atoms with Gasteiger partial charge in [-0.3, -0.25) is 4.79 Å². The Kier molecular flexibility index (Phi) is 6.12. The lowest BCUT2D eigenvalue weighted by atomic mass is 10.0. The van der Waals surface area contributed by atoms with Crippen molar-refractivity contribution < 1.29 is 13.2 Å². The number of benzene rings is 3. The predicted octanol–water partition coefficient (Wildman–Crippen LogP) is 3.51. The Hall–Kier alpha value is -3.20. The van der Waals surface area contributed by atoms with Gasteiger partial charge in [-0.2, -0.15) is 4.31 Å². The third kappa shape index (κ3) is 4.32. The van der Waals surface area contributed by atoms with Crippen molar-refractivity contribution in [1.82, 2.24) is 14.6 Å². The smallest absolute Gasteiger partial charge is 0.243 e. The van der Waals surface area contributed by atoms with Crippen molar-refractivity contribution in [3.63, 3.8) is 0 Å². The first-order chi connectivity index (χ1) is 16.4. The maximum absolute atomic E-state index is 13.5. The number of aromatic nitrogens is 1. The summed E-state index contributed by atoms with van der Waals surface area (Å²) in [7, 11) is -3.84. The Morgan fingerprint density at radius 2 is 1.82 bits per heavy atom. The second-order valence-electron chi connectivity index (χ2n) is 8.81. The number of nitrogens with one attached hydrogen (secondary N) is 2. The quantitative estimate of drug-likeness (QED) is 0.370. The summed E-state index contributed by atoms with van der Waals surface area (Å²) in [6.07, 6.45) is 3.70. The monoisotopic (exact) mass is 476 g/mol. The Balaban J connectivity index is 1.34. The van der Waals surface area contributed by atoms with Crippen molar-refractivity contribution in [2.24, 2.45) is 5.73 Å². The number of hydrogen-bond donors (Lipinski definition) is 3. The number of fused-ring (bicyclic) bond motifs is 2. The van der Waals surface area contributed by atoms with Gasteiger partial charge in [0, 0.05) is 30.1 Å². The lowest BCUT2D eigenvalue weighted by molar-refractivity contribution is -0.126. The van der Waals surface area contributed by atoms with Gasteiger partial charge in [-0.25, -0.2) is 8.42 Å². The lowest BCUT2D eigenvalue weighted by Gasteiger charge is -2.34. The zero-order valence-corrected chi connectivity index (χ0v) is 19.6. The third-order valence-electron chi connectivity index (χ3n) is 6.53. The fourth-order valence-corrected chi connectivity index (χ4v) is 6.48. The van der Waals surface area contributed by atoms with Gasteiger partial charge in [0.15, 0.2) is 0 Å². The SMILES string of the molecule is N[C@H](Cc1c[nH]c2ccccc12)NC(=O)C1CCCCN1S(=O)(=O)c1ccc2ccccc2c1. The molecule has 1 amide bonds. The van der Waals surface area contributed by atoms with Crippen molar-refractivity contribution >= 4 is 37.6 Å². The van der Waals surface area contributed by atoms with E-state index in [4.69, 9.17) is 5.73 Å². The first kappa shape index (κ1) is 22.6. The van der Waals surface area contributed by atoms with Gasteiger partial charge < -0.3 is 16.0 Å². The second kappa shape index (κ2) is 9.21. The zero-order chi connectivity index (χ0) is 23.7. The van der Waals surface area contributed by atoms with Crippen LogP contribution in [0.2, 0.25) is 0 Å². The van der Waals surface area contributed by atoms with Crippen LogP contribution in [0.5, 0.6) is 0 Å². The summed E-state index contributed by atoms with van der Waals surface area (Å²) in [5.74, 6) is -0.351. The average molecular weight is 477 g/mol. The van der Waals surface area contributed by atoms with Gasteiger partial charge in [0.25, 0.3) is 0 Å². The number of rotatable bonds is 6. The van der Waals surface area contributed by atoms with Crippen LogP contribution in [-0.2, 0) is 21.2 Å². The number of aromatic amines is 1. The molecule has 0 aliphatic carbocycles. The molecule has 1 unspecified atom stereocenters. The fraction of sp³-hybridized carbons (Fsp3) is 0.269. The number of carbonyl (C=O) groups excluding carboxylic acids is 1. The number of hydrogen-bond acceptors (Lipinski definition) is 4. The minimum atomic E-state index is -3.84. The van der Waals surface area contributed by atoms with Crippen LogP contribution in [0.4, 0.5) is 0 Å². The van der Waals surface area contributed by atoms with Crippen LogP contribution in [0.3, 0.4) is 0 Å². The molecule has 34 heavy (non-hydrogen) atoms. The standard InChI is InChI=1S/C26H28N4O3S/c27-25(16-20-17-28-23-10-4-3-9-22(20)23)29-26(31)24-11-5-6-14-30(24)34(32,33)21-13-12-18-7-1-2-8-19(18)15-21/h1-4,7-10,12-13,15,17,24-25,28H,5-6,11,14,16,27H2,(H,29,31)/t24?,25-/m0/s1. The van der Waals surface area contributed by atoms with Crippen LogP contribution in [0.15, 0.2) is 77.8 Å². The topological polar surface area (TPSA) is 108 Å². The molecule has 2 heterocycles. The summed E-state index contributed by atoms with van der Waals surface area (Å²) in [6.45, 7) is 0.310. The first-order valence-electron chi connectivity index (χ1n) is 11.5. The Bertz CT molecular complexity index is 1450. The molecular formula is C26H28N4O3S. The average Bonchev–Trinajstić information content (AvgIpc) is 3.26. The molecule has 1 saturated heterocycles. The van der Waals surface area contributed by atoms with E-state index in [1.54, 1.807) is 18.2 Å². The highest BCUT2D eigenvalue weighted by Crippen LogP contribution is 2.28. The van der Waals surface area contributed by atoms with Crippen LogP contribution < -0.4 is 11.1 Å². The summed E-state index contributed by atoms with van der Waals surface area (Å²) in [5.41, 5.74) is 8.29. The molecule has 3 aromatic carbocycles. The van der Waals surface area contributed by atoms with Gasteiger partial charge >= 0.3 is 0 Å². The first-order valence-corrected chi connectivity index (χ1v) is 13.0. The van der Waals surface area contributed by atoms with E-state index in [1.165, 1.54) is 4.31 Å². The minimum Gasteiger partial charge on any atom is -0.361 e. The van der Waals surface area contributed by atoms with Crippen molar-refractivity contribution in [3.8, 4) is 0 Å². The molecular weight excluding hydrogens is 448 g/mol. The molecule has 8 heteroatoms. The van der Waals surface area contributed by atoms with Crippen LogP contribution in [0, 0.1) is 0 Å². The molecule has 0 bridgehead atoms. The Morgan fingerprint density at radius 3 is 2.68 bits per heavy atom. The van der Waals surface area contributed by atoms with E-state index in [-0.39, 0.29) is 10.8 Å². The van der Waals surface area contributed by atoms with E-state index in [9.17, 15) is 13.2 Å². The number of para-hydroxylation sites is 1. The highest BCUT2D eigenvalue weighted by molar-refractivity contribution is 7.89. The van der Waals surface area contributed by atoms with E-state index < -0.39 is 22.2 Å². The van der Waals surface area contributed by atoms with Crippen molar-refractivity contribution in [2.75, 3.05) is 6.54 Å². The second-order valence-corrected chi connectivity index (χ2v) is 10.7. The molecule has 0 saturated carbocycles. The lowest BCUT2D eigenvalue weighted by Crippen LogP contribution is -2.55. The largest absolute Gasteiger partial charge is 0.361 e. The van der Waals surface area contributed by atoms with Gasteiger partial charge in [0.2, 0.25) is 15.9 Å². The van der Waals surface area contributed by atoms with E-state index in [2.05, 4.69) is 10.3 Å². The van der Waals surface area contributed by atoms with Crippen LogP contribution in [0.1, 0.15) is 24.8 Å². The highest BCUT2D eigenvalue weighted by Gasteiger charge is 2.38. The molecule has 4 aromatic rings. The number of H-pyrrole nitrogens is 1. The molecule has 0 spiro atoms. The summed E-state index contributed by atoms with van der Waals surface area (Å²) < 4.78 is 28.4. The molecule has 1 aliphatic rings. The third-order valence-corrected chi connectivity index (χ3v) is 8.43. The van der Waals surface area contributed by atoms with Crippen molar-refractivity contribution in [3.05, 3.63) is 78.5 Å². The van der Waals surface area contributed by atoms with Gasteiger partial charge in [-0.05, 0) is 47.4 Å². The molecule has 1 fully saturated rings. The van der Waals surface area contributed by atoms with Gasteiger partial charge in [-0.1, -0.05) is 55.0 Å². The number of nitrogens with zero attached hydrogens (tertiary/aromatic N) is 1. The van der Waals surface area contributed by atoms with E-state index in [0.29, 0.717) is 19.4 Å². The fourth-order valence-electron chi connectivity index (χ4n) is 4.79. The predicted molar refractivity (Wildman–Crippen MR) is 134 cm³/mol. The maximum Gasteiger partial charge on any atom is 0.243 e. The number of nitrogens with two attached hydrogens (primary N) is 1. The Morgan fingerprint density at radius 1 is 1.06 bits per heavy atom. The molecule has 1 aliphatic heterocycles. The molecule has 2 atom stereocenters. The summed E-state index contributed by atoms with van der Waals surface area (Å²) in [4.78, 5) is 16.6. The van der Waals surface area contributed by atoms with Crippen molar-refractivity contribution in [1.29, 1.82) is 0 Å². The number of piperidine rings is 1. The zero-order valence-electron chi connectivity index (χ0n) is 18.8. The van der Waals surface area contributed by atoms with Crippen LogP contribution >= 0.6 is 0 Å². The van der Waals surface area contributed by atoms with E-state index >= 15 is 0 Å². The van der Waals surface area contributed by atoms with Gasteiger partial charge in [0.05, 0.1) is 11.1 Å². The molecule has 7 nitrogen and oxygen atoms in total. The summed E-state index contributed by atoms with van der Waals surface area (Å²) >= 11 is 0. The molecule has 5 rings (SSSR count). The van der Waals surface area contributed by atoms with Crippen molar-refractivity contribution in [2.45, 2.75) is 42.8 Å². The number of carbonyl (C=O) groups is 1. The van der Waals surface area contributed by atoms with E-state index in [0.717, 1.165) is 40.1 Å². The summed E-state index contributed by atoms with van der Waals surface area (Å²) in [6, 6.07) is 19.9. The van der Waals surface area contributed by atoms with Crippen LogP contribution in [-0.4, -0.2) is 42.4 Å². The number of sulfonamides is 1. The molecule has 0 radical (unpaired) electrons. The number of amides is 1. The highest BCUT2D eigenvalue weighted by atomic mass is 32.2. The Labute approximate surface area is 199 Å². The minimum absolute atomic E-state index is 0.203.